The van der Waals surface area contributed by atoms with Crippen molar-refractivity contribution in [3.63, 3.8) is 0 Å². The minimum atomic E-state index is -0.136. The first-order valence-corrected chi connectivity index (χ1v) is 7.63. The number of halogens is 1. The molecule has 1 N–H and O–H groups in total. The van der Waals surface area contributed by atoms with Gasteiger partial charge in [-0.2, -0.15) is 0 Å². The first kappa shape index (κ1) is 14.6. The van der Waals surface area contributed by atoms with Crippen LogP contribution < -0.4 is 5.32 Å². The van der Waals surface area contributed by atoms with Gasteiger partial charge in [-0.15, -0.1) is 0 Å². The van der Waals surface area contributed by atoms with E-state index in [2.05, 4.69) is 42.0 Å². The van der Waals surface area contributed by atoms with Crippen LogP contribution in [0.5, 0.6) is 0 Å². The van der Waals surface area contributed by atoms with Crippen molar-refractivity contribution in [2.75, 3.05) is 19.6 Å². The van der Waals surface area contributed by atoms with E-state index >= 15 is 0 Å². The molecule has 106 valence electrons. The molecule has 1 aromatic heterocycles. The third-order valence-electron chi connectivity index (χ3n) is 3.59. The predicted molar refractivity (Wildman–Crippen MR) is 80.4 cm³/mol. The predicted octanol–water partition coefficient (Wildman–Crippen LogP) is 2.48. The Bertz CT molecular complexity index is 467. The topological polar surface area (TPSA) is 37.3 Å². The highest BCUT2D eigenvalue weighted by atomic mass is 79.9. The molecule has 1 aromatic rings. The van der Waals surface area contributed by atoms with E-state index in [0.29, 0.717) is 0 Å². The van der Waals surface area contributed by atoms with Crippen LogP contribution in [0.3, 0.4) is 0 Å². The summed E-state index contributed by atoms with van der Waals surface area (Å²) < 4.78 is 3.02. The normalized spacial score (nSPS) is 18.6. The van der Waals surface area contributed by atoms with Gasteiger partial charge >= 0.3 is 0 Å². The van der Waals surface area contributed by atoms with Crippen LogP contribution in [0.1, 0.15) is 37.7 Å². The fourth-order valence-electron chi connectivity index (χ4n) is 2.58. The van der Waals surface area contributed by atoms with Gasteiger partial charge in [0, 0.05) is 36.8 Å². The molecular formula is C14H22BrN3O. The van der Waals surface area contributed by atoms with Crippen LogP contribution in [0.4, 0.5) is 0 Å². The van der Waals surface area contributed by atoms with Crippen molar-refractivity contribution in [3.8, 4) is 0 Å². The van der Waals surface area contributed by atoms with Crippen molar-refractivity contribution in [1.29, 1.82) is 0 Å². The lowest BCUT2D eigenvalue weighted by Gasteiger charge is -2.42. The Kier molecular flexibility index (Phi) is 4.36. The highest BCUT2D eigenvalue weighted by Crippen LogP contribution is 2.22. The van der Waals surface area contributed by atoms with Crippen LogP contribution in [0.15, 0.2) is 16.7 Å². The number of rotatable bonds is 3. The van der Waals surface area contributed by atoms with Gasteiger partial charge in [-0.25, -0.2) is 0 Å². The van der Waals surface area contributed by atoms with E-state index < -0.39 is 0 Å². The minimum Gasteiger partial charge on any atom is -0.342 e. The quantitative estimate of drug-likeness (QED) is 0.926. The van der Waals surface area contributed by atoms with Crippen molar-refractivity contribution >= 4 is 21.8 Å². The Balaban J connectivity index is 2.28. The molecule has 1 saturated heterocycles. The molecule has 5 heteroatoms. The summed E-state index contributed by atoms with van der Waals surface area (Å²) in [4.78, 5) is 14.8. The van der Waals surface area contributed by atoms with E-state index in [1.54, 1.807) is 0 Å². The number of nitrogens with zero attached hydrogens (tertiary/aromatic N) is 2. The maximum atomic E-state index is 12.8. The lowest BCUT2D eigenvalue weighted by atomic mass is 9.99. The number of nitrogens with one attached hydrogen (secondary N) is 1. The van der Waals surface area contributed by atoms with Crippen molar-refractivity contribution < 1.29 is 4.79 Å². The standard InChI is InChI=1S/C14H22BrN3O/c1-4-6-17-9-11(15)8-12(17)13(19)18-7-5-16-10-14(18,2)3/h8-9,16H,4-7,10H2,1-3H3. The lowest BCUT2D eigenvalue weighted by molar-refractivity contribution is 0.0466. The van der Waals surface area contributed by atoms with Crippen LogP contribution in [0, 0.1) is 0 Å². The highest BCUT2D eigenvalue weighted by molar-refractivity contribution is 9.10. The van der Waals surface area contributed by atoms with E-state index in [0.717, 1.165) is 42.8 Å². The second-order valence-corrected chi connectivity index (χ2v) is 6.60. The Hall–Kier alpha value is -0.810. The first-order valence-electron chi connectivity index (χ1n) is 6.84. The molecule has 1 aliphatic heterocycles. The number of amides is 1. The molecule has 19 heavy (non-hydrogen) atoms. The SMILES string of the molecule is CCCn1cc(Br)cc1C(=O)N1CCNCC1(C)C. The Morgan fingerprint density at radius 3 is 2.89 bits per heavy atom. The fraction of sp³-hybridized carbons (Fsp3) is 0.643. The number of hydrogen-bond acceptors (Lipinski definition) is 2. The molecule has 0 bridgehead atoms. The fourth-order valence-corrected chi connectivity index (χ4v) is 3.04. The van der Waals surface area contributed by atoms with E-state index in [-0.39, 0.29) is 11.4 Å². The monoisotopic (exact) mass is 327 g/mol. The molecule has 1 fully saturated rings. The second kappa shape index (κ2) is 5.67. The average Bonchev–Trinajstić information content (AvgIpc) is 2.69. The zero-order chi connectivity index (χ0) is 14.0. The highest BCUT2D eigenvalue weighted by Gasteiger charge is 2.34. The van der Waals surface area contributed by atoms with E-state index in [4.69, 9.17) is 0 Å². The lowest BCUT2D eigenvalue weighted by Crippen LogP contribution is -2.60. The van der Waals surface area contributed by atoms with Crippen molar-refractivity contribution in [3.05, 3.63) is 22.4 Å². The molecule has 0 saturated carbocycles. The molecule has 2 heterocycles. The van der Waals surface area contributed by atoms with Crippen LogP contribution in [-0.4, -0.2) is 40.5 Å². The third kappa shape index (κ3) is 3.03. The number of aromatic nitrogens is 1. The third-order valence-corrected chi connectivity index (χ3v) is 4.03. The minimum absolute atomic E-state index is 0.130. The maximum Gasteiger partial charge on any atom is 0.271 e. The molecule has 0 radical (unpaired) electrons. The van der Waals surface area contributed by atoms with Gasteiger partial charge in [-0.3, -0.25) is 4.79 Å². The average molecular weight is 328 g/mol. The zero-order valence-electron chi connectivity index (χ0n) is 11.9. The van der Waals surface area contributed by atoms with Gasteiger partial charge in [0.15, 0.2) is 0 Å². The van der Waals surface area contributed by atoms with Crippen LogP contribution in [-0.2, 0) is 6.54 Å². The molecule has 1 amide bonds. The maximum absolute atomic E-state index is 12.8. The summed E-state index contributed by atoms with van der Waals surface area (Å²) in [6.45, 7) is 9.69. The summed E-state index contributed by atoms with van der Waals surface area (Å²) in [6, 6.07) is 1.93. The number of piperazine rings is 1. The molecule has 0 spiro atoms. The smallest absolute Gasteiger partial charge is 0.271 e. The summed E-state index contributed by atoms with van der Waals surface area (Å²) in [6.07, 6.45) is 3.01. The summed E-state index contributed by atoms with van der Waals surface area (Å²) in [5.41, 5.74) is 0.645. The summed E-state index contributed by atoms with van der Waals surface area (Å²) in [5, 5.41) is 3.35. The van der Waals surface area contributed by atoms with Gasteiger partial charge in [0.2, 0.25) is 0 Å². The van der Waals surface area contributed by atoms with E-state index in [1.807, 2.05) is 21.7 Å². The van der Waals surface area contributed by atoms with Crippen LogP contribution in [0.25, 0.3) is 0 Å². The van der Waals surface area contributed by atoms with Gasteiger partial charge in [-0.05, 0) is 42.3 Å². The molecule has 0 atom stereocenters. The Morgan fingerprint density at radius 1 is 1.53 bits per heavy atom. The van der Waals surface area contributed by atoms with Gasteiger partial charge < -0.3 is 14.8 Å². The summed E-state index contributed by atoms with van der Waals surface area (Å²) >= 11 is 3.47. The van der Waals surface area contributed by atoms with Gasteiger partial charge in [0.1, 0.15) is 5.69 Å². The molecule has 4 nitrogen and oxygen atoms in total. The van der Waals surface area contributed by atoms with Crippen molar-refractivity contribution in [2.45, 2.75) is 39.3 Å². The molecule has 0 aromatic carbocycles. The molecule has 0 aliphatic carbocycles. The number of carbonyl (C=O) groups is 1. The first-order chi connectivity index (χ1) is 8.95. The number of carbonyl (C=O) groups excluding carboxylic acids is 1. The van der Waals surface area contributed by atoms with Gasteiger partial charge in [-0.1, -0.05) is 6.92 Å². The van der Waals surface area contributed by atoms with Crippen LogP contribution >= 0.6 is 15.9 Å². The van der Waals surface area contributed by atoms with E-state index in [9.17, 15) is 4.79 Å². The number of aryl methyl sites for hydroxylation is 1. The number of hydrogen-bond donors (Lipinski definition) is 1. The van der Waals surface area contributed by atoms with Gasteiger partial charge in [0.25, 0.3) is 5.91 Å². The van der Waals surface area contributed by atoms with Crippen molar-refractivity contribution in [2.24, 2.45) is 0 Å². The summed E-state index contributed by atoms with van der Waals surface area (Å²) in [7, 11) is 0. The van der Waals surface area contributed by atoms with E-state index in [1.165, 1.54) is 0 Å². The second-order valence-electron chi connectivity index (χ2n) is 5.68. The summed E-state index contributed by atoms with van der Waals surface area (Å²) in [5.74, 6) is 0.130. The molecule has 0 unspecified atom stereocenters. The Morgan fingerprint density at radius 2 is 2.26 bits per heavy atom. The zero-order valence-corrected chi connectivity index (χ0v) is 13.5. The van der Waals surface area contributed by atoms with Gasteiger partial charge in [0.05, 0.1) is 5.54 Å². The molecular weight excluding hydrogens is 306 g/mol. The molecule has 2 rings (SSSR count). The largest absolute Gasteiger partial charge is 0.342 e. The molecule has 1 aliphatic rings. The Labute approximate surface area is 123 Å². The van der Waals surface area contributed by atoms with Crippen molar-refractivity contribution in [1.82, 2.24) is 14.8 Å². The van der Waals surface area contributed by atoms with Crippen LogP contribution in [0.2, 0.25) is 0 Å².